The van der Waals surface area contributed by atoms with Crippen molar-refractivity contribution >= 4 is 15.9 Å². The lowest BCUT2D eigenvalue weighted by molar-refractivity contribution is -0.119. The summed E-state index contributed by atoms with van der Waals surface area (Å²) in [6.07, 6.45) is 3.74. The van der Waals surface area contributed by atoms with Crippen LogP contribution in [-0.2, 0) is 14.8 Å². The SMILES string of the molecule is CCC(CCN)CCC(=O)NS(C)(=O)=O. The minimum Gasteiger partial charge on any atom is -0.330 e. The largest absolute Gasteiger partial charge is 0.330 e. The van der Waals surface area contributed by atoms with E-state index in [-0.39, 0.29) is 6.42 Å². The Morgan fingerprint density at radius 1 is 1.40 bits per heavy atom. The van der Waals surface area contributed by atoms with E-state index in [1.54, 1.807) is 0 Å². The number of sulfonamides is 1. The van der Waals surface area contributed by atoms with Crippen molar-refractivity contribution in [3.63, 3.8) is 0 Å². The summed E-state index contributed by atoms with van der Waals surface area (Å²) in [7, 11) is -3.41. The van der Waals surface area contributed by atoms with E-state index in [1.165, 1.54) is 0 Å². The number of hydrogen-bond donors (Lipinski definition) is 2. The highest BCUT2D eigenvalue weighted by Gasteiger charge is 2.11. The lowest BCUT2D eigenvalue weighted by Crippen LogP contribution is -2.29. The van der Waals surface area contributed by atoms with E-state index >= 15 is 0 Å². The van der Waals surface area contributed by atoms with Crippen LogP contribution in [0.4, 0.5) is 0 Å². The number of nitrogens with two attached hydrogens (primary N) is 1. The van der Waals surface area contributed by atoms with Gasteiger partial charge in [-0.25, -0.2) is 8.42 Å². The third-order valence-electron chi connectivity index (χ3n) is 2.23. The van der Waals surface area contributed by atoms with Crippen molar-refractivity contribution in [3.05, 3.63) is 0 Å². The Bertz CT molecular complexity index is 288. The molecule has 0 aromatic carbocycles. The van der Waals surface area contributed by atoms with Crippen molar-refractivity contribution in [2.24, 2.45) is 11.7 Å². The van der Waals surface area contributed by atoms with Crippen molar-refractivity contribution in [3.8, 4) is 0 Å². The predicted molar refractivity (Wildman–Crippen MR) is 59.7 cm³/mol. The molecule has 5 nitrogen and oxygen atoms in total. The minimum absolute atomic E-state index is 0.242. The van der Waals surface area contributed by atoms with E-state index in [0.29, 0.717) is 18.9 Å². The van der Waals surface area contributed by atoms with Crippen LogP contribution in [-0.4, -0.2) is 27.1 Å². The second-order valence-electron chi connectivity index (χ2n) is 3.69. The molecule has 0 saturated heterocycles. The van der Waals surface area contributed by atoms with Crippen molar-refractivity contribution in [2.75, 3.05) is 12.8 Å². The molecule has 0 heterocycles. The highest BCUT2D eigenvalue weighted by atomic mass is 32.2. The fraction of sp³-hybridized carbons (Fsp3) is 0.889. The molecule has 0 fully saturated rings. The van der Waals surface area contributed by atoms with Gasteiger partial charge in [-0.3, -0.25) is 9.52 Å². The van der Waals surface area contributed by atoms with Gasteiger partial charge in [0.15, 0.2) is 0 Å². The van der Waals surface area contributed by atoms with Crippen molar-refractivity contribution in [1.82, 2.24) is 4.72 Å². The smallest absolute Gasteiger partial charge is 0.233 e. The van der Waals surface area contributed by atoms with Crippen LogP contribution in [0.3, 0.4) is 0 Å². The van der Waals surface area contributed by atoms with Crippen LogP contribution in [0.15, 0.2) is 0 Å². The molecule has 0 bridgehead atoms. The van der Waals surface area contributed by atoms with Gasteiger partial charge in [0.1, 0.15) is 0 Å². The summed E-state index contributed by atoms with van der Waals surface area (Å²) in [6.45, 7) is 2.64. The zero-order valence-electron chi connectivity index (χ0n) is 9.32. The number of carbonyl (C=O) groups is 1. The van der Waals surface area contributed by atoms with Gasteiger partial charge in [-0.05, 0) is 25.3 Å². The van der Waals surface area contributed by atoms with Gasteiger partial charge in [-0.2, -0.15) is 0 Å². The third-order valence-corrected chi connectivity index (χ3v) is 2.83. The molecule has 0 aromatic heterocycles. The van der Waals surface area contributed by atoms with Crippen LogP contribution in [0.25, 0.3) is 0 Å². The number of amides is 1. The van der Waals surface area contributed by atoms with Gasteiger partial charge in [0.2, 0.25) is 15.9 Å². The fourth-order valence-electron chi connectivity index (χ4n) is 1.38. The molecule has 6 heteroatoms. The summed E-state index contributed by atoms with van der Waals surface area (Å²) in [5.74, 6) is -0.0340. The van der Waals surface area contributed by atoms with E-state index in [4.69, 9.17) is 5.73 Å². The number of hydrogen-bond acceptors (Lipinski definition) is 4. The van der Waals surface area contributed by atoms with E-state index in [0.717, 1.165) is 19.1 Å². The molecular formula is C9H20N2O3S. The zero-order valence-corrected chi connectivity index (χ0v) is 10.1. The molecule has 0 aromatic rings. The molecule has 0 aliphatic carbocycles. The Morgan fingerprint density at radius 3 is 2.40 bits per heavy atom. The summed E-state index contributed by atoms with van der Waals surface area (Å²) in [6, 6.07) is 0. The average Bonchev–Trinajstić information content (AvgIpc) is 2.09. The first-order chi connectivity index (χ1) is 6.89. The van der Waals surface area contributed by atoms with Gasteiger partial charge in [-0.15, -0.1) is 0 Å². The lowest BCUT2D eigenvalue weighted by Gasteiger charge is -2.12. The number of nitrogens with one attached hydrogen (secondary N) is 1. The maximum Gasteiger partial charge on any atom is 0.233 e. The first-order valence-electron chi connectivity index (χ1n) is 5.09. The molecule has 90 valence electrons. The topological polar surface area (TPSA) is 89.3 Å². The first-order valence-corrected chi connectivity index (χ1v) is 6.98. The monoisotopic (exact) mass is 236 g/mol. The van der Waals surface area contributed by atoms with Gasteiger partial charge in [0.25, 0.3) is 0 Å². The lowest BCUT2D eigenvalue weighted by atomic mass is 9.97. The van der Waals surface area contributed by atoms with E-state index in [9.17, 15) is 13.2 Å². The van der Waals surface area contributed by atoms with Crippen LogP contribution in [0, 0.1) is 5.92 Å². The zero-order chi connectivity index (χ0) is 11.9. The van der Waals surface area contributed by atoms with Crippen molar-refractivity contribution in [2.45, 2.75) is 32.6 Å². The normalized spacial score (nSPS) is 13.5. The molecule has 0 rings (SSSR count). The number of rotatable bonds is 7. The summed E-state index contributed by atoms with van der Waals surface area (Å²) >= 11 is 0. The molecule has 0 radical (unpaired) electrons. The summed E-state index contributed by atoms with van der Waals surface area (Å²) in [5.41, 5.74) is 5.42. The van der Waals surface area contributed by atoms with E-state index in [1.807, 2.05) is 11.6 Å². The van der Waals surface area contributed by atoms with Crippen molar-refractivity contribution < 1.29 is 13.2 Å². The molecule has 1 amide bonds. The molecule has 0 spiro atoms. The van der Waals surface area contributed by atoms with Crippen LogP contribution < -0.4 is 10.5 Å². The summed E-state index contributed by atoms with van der Waals surface area (Å²) < 4.78 is 23.4. The first kappa shape index (κ1) is 14.4. The number of carbonyl (C=O) groups excluding carboxylic acids is 1. The Labute approximate surface area is 91.5 Å². The second kappa shape index (κ2) is 6.79. The maximum atomic E-state index is 11.2. The molecule has 15 heavy (non-hydrogen) atoms. The second-order valence-corrected chi connectivity index (χ2v) is 5.44. The predicted octanol–water partition coefficient (Wildman–Crippen LogP) is 0.217. The standard InChI is InChI=1S/C9H20N2O3S/c1-3-8(6-7-10)4-5-9(12)11-15(2,13)14/h8H,3-7,10H2,1-2H3,(H,11,12). The molecular weight excluding hydrogens is 216 g/mol. The fourth-order valence-corrected chi connectivity index (χ4v) is 1.90. The quantitative estimate of drug-likeness (QED) is 0.661. The van der Waals surface area contributed by atoms with Crippen LogP contribution in [0.2, 0.25) is 0 Å². The van der Waals surface area contributed by atoms with Crippen LogP contribution in [0.5, 0.6) is 0 Å². The molecule has 0 aliphatic heterocycles. The highest BCUT2D eigenvalue weighted by Crippen LogP contribution is 2.14. The Morgan fingerprint density at radius 2 is 2.00 bits per heavy atom. The van der Waals surface area contributed by atoms with Gasteiger partial charge >= 0.3 is 0 Å². The van der Waals surface area contributed by atoms with Gasteiger partial charge in [0, 0.05) is 6.42 Å². The van der Waals surface area contributed by atoms with Crippen molar-refractivity contribution in [1.29, 1.82) is 0 Å². The average molecular weight is 236 g/mol. The Kier molecular flexibility index (Phi) is 6.51. The minimum atomic E-state index is -3.41. The molecule has 1 unspecified atom stereocenters. The van der Waals surface area contributed by atoms with Gasteiger partial charge in [-0.1, -0.05) is 13.3 Å². The molecule has 0 aliphatic rings. The summed E-state index contributed by atoms with van der Waals surface area (Å²) in [5, 5.41) is 0. The van der Waals surface area contributed by atoms with Crippen LogP contribution in [0.1, 0.15) is 32.6 Å². The molecule has 0 saturated carbocycles. The third kappa shape index (κ3) is 8.38. The molecule has 1 atom stereocenters. The van der Waals surface area contributed by atoms with Crippen LogP contribution >= 0.6 is 0 Å². The molecule has 3 N–H and O–H groups in total. The van der Waals surface area contributed by atoms with E-state index < -0.39 is 15.9 Å². The highest BCUT2D eigenvalue weighted by molar-refractivity contribution is 7.89. The summed E-state index contributed by atoms with van der Waals surface area (Å²) in [4.78, 5) is 11.2. The Balaban J connectivity index is 3.88. The van der Waals surface area contributed by atoms with Gasteiger partial charge in [0.05, 0.1) is 6.26 Å². The van der Waals surface area contributed by atoms with Gasteiger partial charge < -0.3 is 5.73 Å². The Hall–Kier alpha value is -0.620. The van der Waals surface area contributed by atoms with E-state index in [2.05, 4.69) is 0 Å². The maximum absolute atomic E-state index is 11.2.